The van der Waals surface area contributed by atoms with Crippen LogP contribution in [0.5, 0.6) is 0 Å². The maximum absolute atomic E-state index is 4.90. The molecule has 20 heavy (non-hydrogen) atoms. The lowest BCUT2D eigenvalue weighted by molar-refractivity contribution is 0.286. The third-order valence-corrected chi connectivity index (χ3v) is 4.79. The summed E-state index contributed by atoms with van der Waals surface area (Å²) in [5.74, 6) is 2.06. The van der Waals surface area contributed by atoms with Gasteiger partial charge in [-0.2, -0.15) is 0 Å². The summed E-state index contributed by atoms with van der Waals surface area (Å²) in [5.41, 5.74) is 2.13. The van der Waals surface area contributed by atoms with Crippen LogP contribution in [0.15, 0.2) is 18.3 Å². The van der Waals surface area contributed by atoms with Crippen molar-refractivity contribution in [2.45, 2.75) is 51.1 Å². The number of pyridine rings is 1. The molecule has 2 atom stereocenters. The van der Waals surface area contributed by atoms with Gasteiger partial charge in [-0.25, -0.2) is 9.97 Å². The van der Waals surface area contributed by atoms with Gasteiger partial charge in [0.25, 0.3) is 0 Å². The SMILES string of the molecule is CCC1CCNC(c2nc3cccnc3n2C2CC2)C1. The Morgan fingerprint density at radius 2 is 2.25 bits per heavy atom. The highest BCUT2D eigenvalue weighted by molar-refractivity contribution is 5.71. The van der Waals surface area contributed by atoms with Crippen LogP contribution < -0.4 is 5.32 Å². The van der Waals surface area contributed by atoms with Crippen molar-refractivity contribution < 1.29 is 0 Å². The van der Waals surface area contributed by atoms with Gasteiger partial charge in [0.1, 0.15) is 11.3 Å². The Balaban J connectivity index is 1.76. The van der Waals surface area contributed by atoms with E-state index in [1.165, 1.54) is 37.9 Å². The van der Waals surface area contributed by atoms with Crippen LogP contribution in [0.4, 0.5) is 0 Å². The minimum atomic E-state index is 0.406. The molecule has 1 saturated carbocycles. The molecule has 0 bridgehead atoms. The first-order valence-corrected chi connectivity index (χ1v) is 7.93. The third-order valence-electron chi connectivity index (χ3n) is 4.79. The number of piperidine rings is 1. The van der Waals surface area contributed by atoms with Gasteiger partial charge in [0.15, 0.2) is 5.65 Å². The molecule has 1 saturated heterocycles. The summed E-state index contributed by atoms with van der Waals surface area (Å²) in [7, 11) is 0. The van der Waals surface area contributed by atoms with Crippen molar-refractivity contribution in [2.24, 2.45) is 5.92 Å². The molecule has 4 rings (SSSR count). The molecule has 2 aromatic rings. The van der Waals surface area contributed by atoms with Gasteiger partial charge in [-0.3, -0.25) is 0 Å². The molecule has 2 unspecified atom stereocenters. The summed E-state index contributed by atoms with van der Waals surface area (Å²) in [4.78, 5) is 9.47. The second-order valence-electron chi connectivity index (χ2n) is 6.22. The molecule has 0 aromatic carbocycles. The second kappa shape index (κ2) is 4.85. The fraction of sp³-hybridized carbons (Fsp3) is 0.625. The predicted octanol–water partition coefficient (Wildman–Crippen LogP) is 3.22. The molecule has 2 aromatic heterocycles. The molecule has 1 aliphatic carbocycles. The molecular weight excluding hydrogens is 248 g/mol. The van der Waals surface area contributed by atoms with E-state index >= 15 is 0 Å². The Hall–Kier alpha value is -1.42. The Morgan fingerprint density at radius 3 is 3.05 bits per heavy atom. The van der Waals surface area contributed by atoms with Crippen LogP contribution in [0.25, 0.3) is 11.2 Å². The lowest BCUT2D eigenvalue weighted by Crippen LogP contribution is -2.33. The Kier molecular flexibility index (Phi) is 2.99. The topological polar surface area (TPSA) is 42.7 Å². The molecule has 1 aliphatic heterocycles. The van der Waals surface area contributed by atoms with Crippen LogP contribution in [0.1, 0.15) is 56.9 Å². The van der Waals surface area contributed by atoms with Gasteiger partial charge in [0, 0.05) is 12.2 Å². The number of aromatic nitrogens is 3. The molecular formula is C16H22N4. The van der Waals surface area contributed by atoms with Crippen LogP contribution in [0.2, 0.25) is 0 Å². The standard InChI is InChI=1S/C16H22N4/c1-2-11-7-9-17-14(10-11)16-19-13-4-3-8-18-15(13)20(16)12-5-6-12/h3-4,8,11-12,14,17H,2,5-7,9-10H2,1H3. The highest BCUT2D eigenvalue weighted by Crippen LogP contribution is 2.41. The number of imidazole rings is 1. The van der Waals surface area contributed by atoms with Gasteiger partial charge in [-0.05, 0) is 50.3 Å². The Morgan fingerprint density at radius 1 is 1.35 bits per heavy atom. The van der Waals surface area contributed by atoms with Gasteiger partial charge in [0.05, 0.1) is 6.04 Å². The molecule has 0 amide bonds. The van der Waals surface area contributed by atoms with Crippen LogP contribution in [-0.4, -0.2) is 21.1 Å². The van der Waals surface area contributed by atoms with Crippen molar-refractivity contribution in [3.05, 3.63) is 24.2 Å². The van der Waals surface area contributed by atoms with E-state index in [0.29, 0.717) is 12.1 Å². The zero-order valence-electron chi connectivity index (χ0n) is 12.0. The van der Waals surface area contributed by atoms with Crippen molar-refractivity contribution in [3.8, 4) is 0 Å². The first-order chi connectivity index (χ1) is 9.86. The first kappa shape index (κ1) is 12.3. The summed E-state index contributed by atoms with van der Waals surface area (Å²) in [5, 5.41) is 3.67. The maximum Gasteiger partial charge on any atom is 0.160 e. The number of hydrogen-bond donors (Lipinski definition) is 1. The number of nitrogens with one attached hydrogen (secondary N) is 1. The average Bonchev–Trinajstić information content (AvgIpc) is 3.27. The number of hydrogen-bond acceptors (Lipinski definition) is 3. The second-order valence-corrected chi connectivity index (χ2v) is 6.22. The van der Waals surface area contributed by atoms with Crippen LogP contribution in [0, 0.1) is 5.92 Å². The molecule has 3 heterocycles. The van der Waals surface area contributed by atoms with Gasteiger partial charge in [-0.1, -0.05) is 13.3 Å². The minimum Gasteiger partial charge on any atom is -0.308 e. The largest absolute Gasteiger partial charge is 0.308 e. The van der Waals surface area contributed by atoms with Crippen molar-refractivity contribution in [1.82, 2.24) is 19.9 Å². The van der Waals surface area contributed by atoms with E-state index in [9.17, 15) is 0 Å². The van der Waals surface area contributed by atoms with Crippen molar-refractivity contribution in [1.29, 1.82) is 0 Å². The predicted molar refractivity (Wildman–Crippen MR) is 79.6 cm³/mol. The van der Waals surface area contributed by atoms with E-state index in [-0.39, 0.29) is 0 Å². The highest BCUT2D eigenvalue weighted by Gasteiger charge is 2.33. The number of fused-ring (bicyclic) bond motifs is 1. The van der Waals surface area contributed by atoms with Gasteiger partial charge in [-0.15, -0.1) is 0 Å². The van der Waals surface area contributed by atoms with Crippen LogP contribution in [-0.2, 0) is 0 Å². The Bertz CT molecular complexity index is 614. The van der Waals surface area contributed by atoms with E-state index in [4.69, 9.17) is 4.98 Å². The zero-order chi connectivity index (χ0) is 13.5. The third kappa shape index (κ3) is 2.03. The first-order valence-electron chi connectivity index (χ1n) is 7.93. The maximum atomic E-state index is 4.90. The van der Waals surface area contributed by atoms with E-state index < -0.39 is 0 Å². The Labute approximate surface area is 119 Å². The van der Waals surface area contributed by atoms with Gasteiger partial charge in [0.2, 0.25) is 0 Å². The molecule has 1 N–H and O–H groups in total. The summed E-state index contributed by atoms with van der Waals surface area (Å²) in [6.45, 7) is 3.42. The normalized spacial score (nSPS) is 27.1. The molecule has 2 fully saturated rings. The minimum absolute atomic E-state index is 0.406. The monoisotopic (exact) mass is 270 g/mol. The van der Waals surface area contributed by atoms with Crippen molar-refractivity contribution in [2.75, 3.05) is 6.54 Å². The molecule has 4 heteroatoms. The fourth-order valence-corrected chi connectivity index (χ4v) is 3.45. The number of nitrogens with zero attached hydrogens (tertiary/aromatic N) is 3. The lowest BCUT2D eigenvalue weighted by atomic mass is 9.90. The van der Waals surface area contributed by atoms with Gasteiger partial charge >= 0.3 is 0 Å². The molecule has 4 nitrogen and oxygen atoms in total. The molecule has 2 aliphatic rings. The van der Waals surface area contributed by atoms with Crippen molar-refractivity contribution in [3.63, 3.8) is 0 Å². The zero-order valence-corrected chi connectivity index (χ0v) is 12.0. The summed E-state index contributed by atoms with van der Waals surface area (Å²) in [6, 6.07) is 5.11. The van der Waals surface area contributed by atoms with Gasteiger partial charge < -0.3 is 9.88 Å². The summed E-state index contributed by atoms with van der Waals surface area (Å²) >= 11 is 0. The summed E-state index contributed by atoms with van der Waals surface area (Å²) in [6.07, 6.45) is 8.23. The van der Waals surface area contributed by atoms with Crippen molar-refractivity contribution >= 4 is 11.2 Å². The molecule has 106 valence electrons. The molecule has 0 spiro atoms. The quantitative estimate of drug-likeness (QED) is 0.931. The lowest BCUT2D eigenvalue weighted by Gasteiger charge is -2.29. The molecule has 0 radical (unpaired) electrons. The number of rotatable bonds is 3. The van der Waals surface area contributed by atoms with E-state index in [2.05, 4.69) is 27.9 Å². The average molecular weight is 270 g/mol. The van der Waals surface area contributed by atoms with Crippen LogP contribution in [0.3, 0.4) is 0 Å². The fourth-order valence-electron chi connectivity index (χ4n) is 3.45. The smallest absolute Gasteiger partial charge is 0.160 e. The van der Waals surface area contributed by atoms with E-state index in [1.807, 2.05) is 12.3 Å². The highest BCUT2D eigenvalue weighted by atomic mass is 15.2. The van der Waals surface area contributed by atoms with E-state index in [0.717, 1.165) is 23.6 Å². The summed E-state index contributed by atoms with van der Waals surface area (Å²) < 4.78 is 2.41. The van der Waals surface area contributed by atoms with Crippen LogP contribution >= 0.6 is 0 Å². The van der Waals surface area contributed by atoms with E-state index in [1.54, 1.807) is 0 Å².